The Morgan fingerprint density at radius 3 is 2.40 bits per heavy atom. The van der Waals surface area contributed by atoms with Crippen LogP contribution in [0.5, 0.6) is 0 Å². The predicted octanol–water partition coefficient (Wildman–Crippen LogP) is 3.67. The van der Waals surface area contributed by atoms with E-state index < -0.39 is 0 Å². The Kier molecular flexibility index (Phi) is 5.16. The van der Waals surface area contributed by atoms with Crippen LogP contribution in [0, 0.1) is 0 Å². The second-order valence-electron chi connectivity index (χ2n) is 5.26. The molecule has 3 aromatic rings. The van der Waals surface area contributed by atoms with E-state index in [1.165, 1.54) is 6.07 Å². The molecule has 1 amide bonds. The fourth-order valence-electron chi connectivity index (χ4n) is 2.27. The summed E-state index contributed by atoms with van der Waals surface area (Å²) >= 11 is 12.0. The topological polar surface area (TPSA) is 74.8 Å². The van der Waals surface area contributed by atoms with Gasteiger partial charge in [0, 0.05) is 18.8 Å². The summed E-state index contributed by atoms with van der Waals surface area (Å²) in [4.78, 5) is 30.6. The van der Waals surface area contributed by atoms with Crippen molar-refractivity contribution in [2.24, 2.45) is 0 Å². The fraction of sp³-hybridized carbons (Fsp3) is 0.0556. The lowest BCUT2D eigenvalue weighted by atomic mass is 10.2. The zero-order valence-electron chi connectivity index (χ0n) is 12.9. The predicted molar refractivity (Wildman–Crippen MR) is 97.9 cm³/mol. The number of nitrogens with one attached hydrogen (secondary N) is 2. The largest absolute Gasteiger partial charge is 0.348 e. The molecule has 0 bridgehead atoms. The first-order valence-corrected chi connectivity index (χ1v) is 8.17. The highest BCUT2D eigenvalue weighted by Crippen LogP contribution is 2.24. The fourth-order valence-corrected chi connectivity index (χ4v) is 2.84. The van der Waals surface area contributed by atoms with Gasteiger partial charge in [-0.1, -0.05) is 41.4 Å². The van der Waals surface area contributed by atoms with Gasteiger partial charge in [-0.2, -0.15) is 0 Å². The van der Waals surface area contributed by atoms with Gasteiger partial charge in [0.25, 0.3) is 5.91 Å². The summed E-state index contributed by atoms with van der Waals surface area (Å²) in [5, 5.41) is 3.35. The zero-order chi connectivity index (χ0) is 17.8. The molecule has 0 aliphatic heterocycles. The van der Waals surface area contributed by atoms with Crippen molar-refractivity contribution in [3.63, 3.8) is 0 Å². The first-order valence-electron chi connectivity index (χ1n) is 7.41. The summed E-state index contributed by atoms with van der Waals surface area (Å²) in [7, 11) is 0. The number of halogens is 2. The lowest BCUT2D eigenvalue weighted by molar-refractivity contribution is 0.0951. The van der Waals surface area contributed by atoms with Crippen LogP contribution in [-0.2, 0) is 6.54 Å². The molecule has 0 atom stereocenters. The van der Waals surface area contributed by atoms with Gasteiger partial charge in [-0.25, -0.2) is 0 Å². The summed E-state index contributed by atoms with van der Waals surface area (Å²) < 4.78 is 0. The van der Waals surface area contributed by atoms with E-state index in [9.17, 15) is 9.59 Å². The van der Waals surface area contributed by atoms with Crippen molar-refractivity contribution in [1.82, 2.24) is 15.3 Å². The van der Waals surface area contributed by atoms with Gasteiger partial charge in [-0.3, -0.25) is 14.6 Å². The number of aromatic nitrogens is 2. The molecule has 3 rings (SSSR count). The minimum absolute atomic E-state index is 0.188. The first kappa shape index (κ1) is 17.2. The third-order valence-corrected chi connectivity index (χ3v) is 4.14. The van der Waals surface area contributed by atoms with E-state index in [-0.39, 0.29) is 23.6 Å². The van der Waals surface area contributed by atoms with E-state index in [1.54, 1.807) is 42.6 Å². The van der Waals surface area contributed by atoms with Crippen LogP contribution in [-0.4, -0.2) is 15.9 Å². The molecule has 0 fully saturated rings. The van der Waals surface area contributed by atoms with E-state index >= 15 is 0 Å². The van der Waals surface area contributed by atoms with Crippen LogP contribution in [0.2, 0.25) is 10.0 Å². The molecule has 0 radical (unpaired) electrons. The standard InChI is InChI=1S/C18H13Cl2N3O2/c19-12-3-1-4-13(20)17(12)18(25)22-10-11-7-8-14(21-9-11)15-5-2-6-16(24)23-15/h1-9H,10H2,(H,22,25)(H,23,24). The average molecular weight is 374 g/mol. The molecule has 0 saturated heterocycles. The zero-order valence-corrected chi connectivity index (χ0v) is 14.4. The molecule has 25 heavy (non-hydrogen) atoms. The number of hydrogen-bond acceptors (Lipinski definition) is 3. The number of rotatable bonds is 4. The minimum Gasteiger partial charge on any atom is -0.348 e. The average Bonchev–Trinajstić information content (AvgIpc) is 2.60. The van der Waals surface area contributed by atoms with Gasteiger partial charge in [0.15, 0.2) is 0 Å². The quantitative estimate of drug-likeness (QED) is 0.732. The number of benzene rings is 1. The normalized spacial score (nSPS) is 10.5. The highest BCUT2D eigenvalue weighted by atomic mass is 35.5. The van der Waals surface area contributed by atoms with E-state index in [1.807, 2.05) is 6.07 Å². The maximum atomic E-state index is 12.2. The second kappa shape index (κ2) is 7.51. The van der Waals surface area contributed by atoms with Crippen LogP contribution < -0.4 is 10.9 Å². The Balaban J connectivity index is 1.70. The maximum absolute atomic E-state index is 12.2. The number of carbonyl (C=O) groups excluding carboxylic acids is 1. The lowest BCUT2D eigenvalue weighted by Gasteiger charge is -2.09. The third kappa shape index (κ3) is 4.07. The number of aromatic amines is 1. The number of hydrogen-bond donors (Lipinski definition) is 2. The van der Waals surface area contributed by atoms with Gasteiger partial charge in [0.05, 0.1) is 27.0 Å². The molecule has 0 aliphatic rings. The second-order valence-corrected chi connectivity index (χ2v) is 6.07. The number of H-pyrrole nitrogens is 1. The lowest BCUT2D eigenvalue weighted by Crippen LogP contribution is -2.23. The molecule has 126 valence electrons. The number of pyridine rings is 2. The summed E-state index contributed by atoms with van der Waals surface area (Å²) in [6.07, 6.45) is 1.63. The highest BCUT2D eigenvalue weighted by Gasteiger charge is 2.14. The van der Waals surface area contributed by atoms with Crippen LogP contribution in [0.25, 0.3) is 11.4 Å². The van der Waals surface area contributed by atoms with E-state index in [0.29, 0.717) is 21.4 Å². The molecule has 2 N–H and O–H groups in total. The van der Waals surface area contributed by atoms with E-state index in [2.05, 4.69) is 15.3 Å². The summed E-state index contributed by atoms with van der Waals surface area (Å²) in [5.74, 6) is -0.355. The monoisotopic (exact) mass is 373 g/mol. The Labute approximate surface area is 153 Å². The summed E-state index contributed by atoms with van der Waals surface area (Å²) in [5.41, 5.74) is 2.14. The van der Waals surface area contributed by atoms with Crippen molar-refractivity contribution in [3.05, 3.63) is 86.3 Å². The smallest absolute Gasteiger partial charge is 0.254 e. The Morgan fingerprint density at radius 1 is 1.04 bits per heavy atom. The number of amides is 1. The molecule has 0 spiro atoms. The van der Waals surface area contributed by atoms with Gasteiger partial charge in [-0.15, -0.1) is 0 Å². The van der Waals surface area contributed by atoms with Crippen molar-refractivity contribution in [2.75, 3.05) is 0 Å². The SMILES string of the molecule is O=C(NCc1ccc(-c2cccc(=O)[nH]2)nc1)c1c(Cl)cccc1Cl. The molecule has 1 aromatic carbocycles. The van der Waals surface area contributed by atoms with Crippen LogP contribution in [0.15, 0.2) is 59.5 Å². The van der Waals surface area contributed by atoms with Gasteiger partial charge < -0.3 is 10.3 Å². The van der Waals surface area contributed by atoms with Gasteiger partial charge >= 0.3 is 0 Å². The third-order valence-electron chi connectivity index (χ3n) is 3.51. The molecule has 2 aromatic heterocycles. The molecule has 0 unspecified atom stereocenters. The van der Waals surface area contributed by atoms with Gasteiger partial charge in [-0.05, 0) is 29.8 Å². The molecule has 0 aliphatic carbocycles. The van der Waals surface area contributed by atoms with Crippen LogP contribution in [0.3, 0.4) is 0 Å². The number of nitrogens with zero attached hydrogens (tertiary/aromatic N) is 1. The van der Waals surface area contributed by atoms with Crippen LogP contribution in [0.1, 0.15) is 15.9 Å². The van der Waals surface area contributed by atoms with E-state index in [4.69, 9.17) is 23.2 Å². The van der Waals surface area contributed by atoms with Crippen molar-refractivity contribution in [3.8, 4) is 11.4 Å². The Hall–Kier alpha value is -2.63. The molecular formula is C18H13Cl2N3O2. The summed E-state index contributed by atoms with van der Waals surface area (Å²) in [6, 6.07) is 13.4. The van der Waals surface area contributed by atoms with Crippen molar-refractivity contribution < 1.29 is 4.79 Å². The van der Waals surface area contributed by atoms with Gasteiger partial charge in [0.2, 0.25) is 5.56 Å². The van der Waals surface area contributed by atoms with Crippen molar-refractivity contribution in [2.45, 2.75) is 6.54 Å². The van der Waals surface area contributed by atoms with Crippen LogP contribution in [0.4, 0.5) is 0 Å². The van der Waals surface area contributed by atoms with Gasteiger partial charge in [0.1, 0.15) is 0 Å². The summed E-state index contributed by atoms with van der Waals surface area (Å²) in [6.45, 7) is 0.277. The molecule has 7 heteroatoms. The molecule has 5 nitrogen and oxygen atoms in total. The Morgan fingerprint density at radius 2 is 1.76 bits per heavy atom. The highest BCUT2D eigenvalue weighted by molar-refractivity contribution is 6.39. The first-order chi connectivity index (χ1) is 12.0. The van der Waals surface area contributed by atoms with Crippen LogP contribution >= 0.6 is 23.2 Å². The Bertz CT molecular complexity index is 948. The molecule has 0 saturated carbocycles. The molecular weight excluding hydrogens is 361 g/mol. The maximum Gasteiger partial charge on any atom is 0.254 e. The number of carbonyl (C=O) groups is 1. The van der Waals surface area contributed by atoms with E-state index in [0.717, 1.165) is 5.56 Å². The molecule has 2 heterocycles. The van der Waals surface area contributed by atoms with Crippen molar-refractivity contribution >= 4 is 29.1 Å². The minimum atomic E-state index is -0.355. The van der Waals surface area contributed by atoms with Crippen molar-refractivity contribution in [1.29, 1.82) is 0 Å².